The second-order valence-corrected chi connectivity index (χ2v) is 5.45. The van der Waals surface area contributed by atoms with Gasteiger partial charge in [-0.15, -0.1) is 0 Å². The molecule has 100 valence electrons. The molecule has 0 aliphatic heterocycles. The number of nitrogens with two attached hydrogens (primary N) is 1. The number of aryl methyl sites for hydroxylation is 1. The number of hydrogen-bond acceptors (Lipinski definition) is 2. The van der Waals surface area contributed by atoms with Crippen molar-refractivity contribution in [2.45, 2.75) is 43.9 Å². The van der Waals surface area contributed by atoms with Gasteiger partial charge < -0.3 is 10.5 Å². The fraction of sp³-hybridized carbons (Fsp3) is 0.625. The van der Waals surface area contributed by atoms with E-state index in [0.29, 0.717) is 0 Å². The molecule has 0 aromatic heterocycles. The van der Waals surface area contributed by atoms with E-state index in [1.807, 2.05) is 0 Å². The zero-order valence-corrected chi connectivity index (χ0v) is 11.5. The predicted molar refractivity (Wildman–Crippen MR) is 75.8 cm³/mol. The summed E-state index contributed by atoms with van der Waals surface area (Å²) in [5.41, 5.74) is 9.39. The Balaban J connectivity index is 2.12. The van der Waals surface area contributed by atoms with Gasteiger partial charge in [-0.1, -0.05) is 30.7 Å². The summed E-state index contributed by atoms with van der Waals surface area (Å²) >= 11 is 0. The van der Waals surface area contributed by atoms with E-state index in [4.69, 9.17) is 10.5 Å². The van der Waals surface area contributed by atoms with Gasteiger partial charge in [-0.25, -0.2) is 0 Å². The van der Waals surface area contributed by atoms with Crippen LogP contribution in [0.15, 0.2) is 24.3 Å². The molecular formula is C16H25NO. The van der Waals surface area contributed by atoms with Gasteiger partial charge in [0.05, 0.1) is 0 Å². The van der Waals surface area contributed by atoms with Crippen LogP contribution < -0.4 is 5.73 Å². The monoisotopic (exact) mass is 247 g/mol. The van der Waals surface area contributed by atoms with Crippen molar-refractivity contribution in [2.24, 2.45) is 5.73 Å². The minimum atomic E-state index is 0.225. The van der Waals surface area contributed by atoms with Gasteiger partial charge in [0.25, 0.3) is 0 Å². The van der Waals surface area contributed by atoms with Crippen molar-refractivity contribution in [1.82, 2.24) is 0 Å². The van der Waals surface area contributed by atoms with Gasteiger partial charge >= 0.3 is 0 Å². The summed E-state index contributed by atoms with van der Waals surface area (Å²) in [5.74, 6) is 0. The second kappa shape index (κ2) is 6.35. The van der Waals surface area contributed by atoms with Gasteiger partial charge in [0, 0.05) is 25.7 Å². The molecule has 0 fully saturated rings. The van der Waals surface area contributed by atoms with Crippen LogP contribution in [0, 0.1) is 0 Å². The molecule has 0 radical (unpaired) electrons. The highest BCUT2D eigenvalue weighted by molar-refractivity contribution is 5.37. The molecule has 2 nitrogen and oxygen atoms in total. The van der Waals surface area contributed by atoms with E-state index in [0.717, 1.165) is 19.6 Å². The number of methoxy groups -OCH3 is 1. The molecule has 0 saturated heterocycles. The molecule has 0 bridgehead atoms. The molecule has 0 amide bonds. The predicted octanol–water partition coefficient (Wildman–Crippen LogP) is 3.04. The van der Waals surface area contributed by atoms with Gasteiger partial charge in [0.15, 0.2) is 0 Å². The van der Waals surface area contributed by atoms with Crippen molar-refractivity contribution in [1.29, 1.82) is 0 Å². The van der Waals surface area contributed by atoms with Crippen LogP contribution in [0.2, 0.25) is 0 Å². The van der Waals surface area contributed by atoms with Crippen LogP contribution in [0.1, 0.15) is 43.2 Å². The van der Waals surface area contributed by atoms with Crippen molar-refractivity contribution >= 4 is 0 Å². The van der Waals surface area contributed by atoms with E-state index < -0.39 is 0 Å². The number of rotatable bonds is 6. The summed E-state index contributed by atoms with van der Waals surface area (Å²) < 4.78 is 5.14. The first-order valence-electron chi connectivity index (χ1n) is 7.10. The molecule has 1 aliphatic carbocycles. The molecule has 0 spiro atoms. The normalized spacial score (nSPS) is 22.8. The fourth-order valence-electron chi connectivity index (χ4n) is 3.29. The van der Waals surface area contributed by atoms with Crippen LogP contribution >= 0.6 is 0 Å². The lowest BCUT2D eigenvalue weighted by atomic mass is 9.67. The average Bonchev–Trinajstić information content (AvgIpc) is 2.44. The van der Waals surface area contributed by atoms with E-state index in [9.17, 15) is 0 Å². The van der Waals surface area contributed by atoms with Crippen LogP contribution in [-0.4, -0.2) is 20.3 Å². The maximum atomic E-state index is 6.14. The third kappa shape index (κ3) is 2.76. The summed E-state index contributed by atoms with van der Waals surface area (Å²) in [5, 5.41) is 0. The van der Waals surface area contributed by atoms with Crippen molar-refractivity contribution in [3.05, 3.63) is 35.4 Å². The fourth-order valence-corrected chi connectivity index (χ4v) is 3.29. The highest BCUT2D eigenvalue weighted by Gasteiger charge is 2.34. The van der Waals surface area contributed by atoms with Gasteiger partial charge in [0.1, 0.15) is 0 Å². The van der Waals surface area contributed by atoms with E-state index in [-0.39, 0.29) is 5.41 Å². The minimum Gasteiger partial charge on any atom is -0.385 e. The Morgan fingerprint density at radius 3 is 2.89 bits per heavy atom. The molecule has 0 saturated carbocycles. The molecule has 1 aromatic rings. The molecule has 0 heterocycles. The van der Waals surface area contributed by atoms with Crippen molar-refractivity contribution in [3.63, 3.8) is 0 Å². The molecule has 1 aromatic carbocycles. The summed E-state index contributed by atoms with van der Waals surface area (Å²) in [6.07, 6.45) is 7.28. The quantitative estimate of drug-likeness (QED) is 0.784. The van der Waals surface area contributed by atoms with Crippen LogP contribution in [0.5, 0.6) is 0 Å². The third-order valence-corrected chi connectivity index (χ3v) is 4.33. The molecule has 2 rings (SSSR count). The van der Waals surface area contributed by atoms with Crippen molar-refractivity contribution < 1.29 is 4.74 Å². The number of fused-ring (bicyclic) bond motifs is 1. The van der Waals surface area contributed by atoms with Crippen LogP contribution in [0.4, 0.5) is 0 Å². The maximum absolute atomic E-state index is 6.14. The number of benzene rings is 1. The Kier molecular flexibility index (Phi) is 4.79. The van der Waals surface area contributed by atoms with Gasteiger partial charge in [-0.2, -0.15) is 0 Å². The summed E-state index contributed by atoms with van der Waals surface area (Å²) in [7, 11) is 1.77. The molecule has 1 atom stereocenters. The van der Waals surface area contributed by atoms with Crippen LogP contribution in [0.25, 0.3) is 0 Å². The maximum Gasteiger partial charge on any atom is 0.0462 e. The van der Waals surface area contributed by atoms with Gasteiger partial charge in [-0.05, 0) is 43.2 Å². The first-order chi connectivity index (χ1) is 8.82. The number of ether oxygens (including phenoxy) is 1. The average molecular weight is 247 g/mol. The summed E-state index contributed by atoms with van der Waals surface area (Å²) in [6.45, 7) is 1.64. The summed E-state index contributed by atoms with van der Waals surface area (Å²) in [4.78, 5) is 0. The first kappa shape index (κ1) is 13.6. The van der Waals surface area contributed by atoms with E-state index in [1.165, 1.54) is 43.2 Å². The molecule has 18 heavy (non-hydrogen) atoms. The number of hydrogen-bond donors (Lipinski definition) is 1. The molecule has 1 aliphatic rings. The zero-order chi connectivity index (χ0) is 12.8. The highest BCUT2D eigenvalue weighted by Crippen LogP contribution is 2.40. The Hall–Kier alpha value is -0.860. The summed E-state index contributed by atoms with van der Waals surface area (Å²) in [6, 6.07) is 8.87. The molecule has 1 unspecified atom stereocenters. The standard InChI is InChI=1S/C16H25NO/c1-18-12-5-4-10-16(13-17)11-6-8-14-7-2-3-9-15(14)16/h2-3,7,9H,4-6,8,10-13,17H2,1H3. The highest BCUT2D eigenvalue weighted by atomic mass is 16.5. The largest absolute Gasteiger partial charge is 0.385 e. The molecular weight excluding hydrogens is 222 g/mol. The lowest BCUT2D eigenvalue weighted by Gasteiger charge is -2.38. The van der Waals surface area contributed by atoms with E-state index in [1.54, 1.807) is 7.11 Å². The lowest BCUT2D eigenvalue weighted by Crippen LogP contribution is -2.38. The molecule has 2 N–H and O–H groups in total. The van der Waals surface area contributed by atoms with Gasteiger partial charge in [0.2, 0.25) is 0 Å². The minimum absolute atomic E-state index is 0.225. The van der Waals surface area contributed by atoms with E-state index in [2.05, 4.69) is 24.3 Å². The Labute approximate surface area is 111 Å². The Morgan fingerprint density at radius 1 is 1.28 bits per heavy atom. The van der Waals surface area contributed by atoms with Crippen molar-refractivity contribution in [2.75, 3.05) is 20.3 Å². The van der Waals surface area contributed by atoms with Gasteiger partial charge in [-0.3, -0.25) is 0 Å². The number of unbranched alkanes of at least 4 members (excludes halogenated alkanes) is 1. The first-order valence-corrected chi connectivity index (χ1v) is 7.10. The van der Waals surface area contributed by atoms with Crippen LogP contribution in [-0.2, 0) is 16.6 Å². The topological polar surface area (TPSA) is 35.2 Å². The second-order valence-electron chi connectivity index (χ2n) is 5.45. The lowest BCUT2D eigenvalue weighted by molar-refractivity contribution is 0.187. The van der Waals surface area contributed by atoms with E-state index >= 15 is 0 Å². The van der Waals surface area contributed by atoms with Crippen LogP contribution in [0.3, 0.4) is 0 Å². The van der Waals surface area contributed by atoms with Crippen molar-refractivity contribution in [3.8, 4) is 0 Å². The Bertz CT molecular complexity index is 377. The molecule has 2 heteroatoms. The zero-order valence-electron chi connectivity index (χ0n) is 11.5. The smallest absolute Gasteiger partial charge is 0.0462 e. The Morgan fingerprint density at radius 2 is 2.11 bits per heavy atom. The SMILES string of the molecule is COCCCCC1(CN)CCCc2ccccc21. The third-order valence-electron chi connectivity index (χ3n) is 4.33.